The maximum atomic E-state index is 11.1. The van der Waals surface area contributed by atoms with Crippen molar-refractivity contribution >= 4 is 33.3 Å². The molecule has 0 unspecified atom stereocenters. The summed E-state index contributed by atoms with van der Waals surface area (Å²) >= 11 is 3.42. The molecule has 2 rings (SSSR count). The van der Waals surface area contributed by atoms with E-state index in [1.54, 1.807) is 25.1 Å². The van der Waals surface area contributed by atoms with Crippen molar-refractivity contribution in [2.45, 2.75) is 6.54 Å². The van der Waals surface area contributed by atoms with Crippen molar-refractivity contribution < 1.29 is 4.92 Å². The van der Waals surface area contributed by atoms with Crippen molar-refractivity contribution in [2.75, 3.05) is 24.3 Å². The Morgan fingerprint density at radius 2 is 2.14 bits per heavy atom. The van der Waals surface area contributed by atoms with E-state index in [2.05, 4.69) is 26.2 Å². The van der Waals surface area contributed by atoms with Crippen LogP contribution in [0.5, 0.6) is 0 Å². The molecule has 0 saturated heterocycles. The molecule has 0 radical (unpaired) electrons. The quantitative estimate of drug-likeness (QED) is 0.660. The van der Waals surface area contributed by atoms with Crippen LogP contribution in [-0.4, -0.2) is 24.0 Å². The molecule has 0 aliphatic heterocycles. The summed E-state index contributed by atoms with van der Waals surface area (Å²) in [6.07, 6.45) is 0. The molecule has 0 aliphatic carbocycles. The van der Waals surface area contributed by atoms with Gasteiger partial charge in [-0.05, 0) is 23.8 Å². The lowest BCUT2D eigenvalue weighted by Crippen LogP contribution is -2.19. The number of nitrogens with one attached hydrogen (secondary N) is 1. The molecule has 110 valence electrons. The highest BCUT2D eigenvalue weighted by Crippen LogP contribution is 2.28. The second-order valence-electron chi connectivity index (χ2n) is 4.53. The lowest BCUT2D eigenvalue weighted by molar-refractivity contribution is -0.384. The molecule has 1 N–H and O–H groups in total. The Balaban J connectivity index is 2.33. The van der Waals surface area contributed by atoms with E-state index in [0.29, 0.717) is 18.2 Å². The molecule has 0 bridgehead atoms. The number of benzene rings is 1. The maximum absolute atomic E-state index is 11.1. The van der Waals surface area contributed by atoms with Crippen molar-refractivity contribution in [3.05, 3.63) is 56.5 Å². The Morgan fingerprint density at radius 1 is 1.38 bits per heavy atom. The van der Waals surface area contributed by atoms with Crippen LogP contribution < -0.4 is 10.2 Å². The SMILES string of the molecule is CNc1ccc([N+](=O)[O-])c(N(C)Cc2cccc(Br)c2)n1. The van der Waals surface area contributed by atoms with Gasteiger partial charge in [0.15, 0.2) is 0 Å². The molecule has 1 heterocycles. The minimum absolute atomic E-state index is 0.00787. The zero-order valence-electron chi connectivity index (χ0n) is 11.7. The van der Waals surface area contributed by atoms with Gasteiger partial charge in [-0.1, -0.05) is 28.1 Å². The van der Waals surface area contributed by atoms with Gasteiger partial charge in [-0.2, -0.15) is 0 Å². The van der Waals surface area contributed by atoms with Gasteiger partial charge in [-0.15, -0.1) is 0 Å². The molecular weight excluding hydrogens is 336 g/mol. The van der Waals surface area contributed by atoms with Gasteiger partial charge in [-0.25, -0.2) is 4.98 Å². The summed E-state index contributed by atoms with van der Waals surface area (Å²) in [7, 11) is 3.52. The number of nitrogens with zero attached hydrogens (tertiary/aromatic N) is 3. The molecule has 0 amide bonds. The lowest BCUT2D eigenvalue weighted by Gasteiger charge is -2.19. The number of hydrogen-bond donors (Lipinski definition) is 1. The predicted molar refractivity (Wildman–Crippen MR) is 86.7 cm³/mol. The van der Waals surface area contributed by atoms with E-state index in [-0.39, 0.29) is 5.69 Å². The zero-order valence-corrected chi connectivity index (χ0v) is 13.3. The van der Waals surface area contributed by atoms with Gasteiger partial charge in [0.25, 0.3) is 0 Å². The molecule has 7 heteroatoms. The summed E-state index contributed by atoms with van der Waals surface area (Å²) < 4.78 is 0.972. The second kappa shape index (κ2) is 6.53. The Kier molecular flexibility index (Phi) is 4.74. The van der Waals surface area contributed by atoms with Crippen LogP contribution in [0.1, 0.15) is 5.56 Å². The number of halogens is 1. The van der Waals surface area contributed by atoms with Crippen molar-refractivity contribution in [1.29, 1.82) is 0 Å². The van der Waals surface area contributed by atoms with Crippen LogP contribution in [0.3, 0.4) is 0 Å². The highest BCUT2D eigenvalue weighted by Gasteiger charge is 2.19. The Morgan fingerprint density at radius 3 is 2.76 bits per heavy atom. The van der Waals surface area contributed by atoms with Gasteiger partial charge >= 0.3 is 5.69 Å². The highest BCUT2D eigenvalue weighted by molar-refractivity contribution is 9.10. The van der Waals surface area contributed by atoms with E-state index in [1.807, 2.05) is 24.3 Å². The molecule has 21 heavy (non-hydrogen) atoms. The van der Waals surface area contributed by atoms with Crippen LogP contribution in [0.15, 0.2) is 40.9 Å². The fourth-order valence-electron chi connectivity index (χ4n) is 1.99. The van der Waals surface area contributed by atoms with Gasteiger partial charge in [0.1, 0.15) is 5.82 Å². The summed E-state index contributed by atoms with van der Waals surface area (Å²) in [4.78, 5) is 16.8. The molecule has 1 aromatic carbocycles. The van der Waals surface area contributed by atoms with Crippen LogP contribution in [0, 0.1) is 10.1 Å². The van der Waals surface area contributed by atoms with E-state index < -0.39 is 4.92 Å². The predicted octanol–water partition coefficient (Wildman–Crippen LogP) is 3.43. The average molecular weight is 351 g/mol. The number of aromatic nitrogens is 1. The molecule has 2 aromatic rings. The van der Waals surface area contributed by atoms with Crippen molar-refractivity contribution in [1.82, 2.24) is 4.98 Å². The lowest BCUT2D eigenvalue weighted by atomic mass is 10.2. The smallest absolute Gasteiger partial charge is 0.311 e. The van der Waals surface area contributed by atoms with Crippen LogP contribution in [0.2, 0.25) is 0 Å². The van der Waals surface area contributed by atoms with Crippen LogP contribution >= 0.6 is 15.9 Å². The third kappa shape index (κ3) is 3.69. The molecule has 0 aliphatic rings. The number of hydrogen-bond acceptors (Lipinski definition) is 5. The fraction of sp³-hybridized carbons (Fsp3) is 0.214. The Labute approximate surface area is 131 Å². The normalized spacial score (nSPS) is 10.2. The number of pyridine rings is 1. The van der Waals surface area contributed by atoms with Gasteiger partial charge in [-0.3, -0.25) is 10.1 Å². The van der Waals surface area contributed by atoms with Crippen molar-refractivity contribution in [2.24, 2.45) is 0 Å². The highest BCUT2D eigenvalue weighted by atomic mass is 79.9. The topological polar surface area (TPSA) is 71.3 Å². The fourth-order valence-corrected chi connectivity index (χ4v) is 2.43. The molecule has 0 spiro atoms. The summed E-state index contributed by atoms with van der Waals surface area (Å²) in [6, 6.07) is 10.9. The number of rotatable bonds is 5. The Hall–Kier alpha value is -2.15. The summed E-state index contributed by atoms with van der Waals surface area (Å²) in [5.74, 6) is 0.934. The Bertz CT molecular complexity index is 663. The minimum Gasteiger partial charge on any atom is -0.373 e. The molecule has 6 nitrogen and oxygen atoms in total. The second-order valence-corrected chi connectivity index (χ2v) is 5.45. The van der Waals surface area contributed by atoms with E-state index >= 15 is 0 Å². The van der Waals surface area contributed by atoms with E-state index in [9.17, 15) is 10.1 Å². The van der Waals surface area contributed by atoms with Gasteiger partial charge in [0, 0.05) is 31.2 Å². The van der Waals surface area contributed by atoms with Crippen molar-refractivity contribution in [3.8, 4) is 0 Å². The van der Waals surface area contributed by atoms with Crippen LogP contribution in [-0.2, 0) is 6.54 Å². The van der Waals surface area contributed by atoms with Gasteiger partial charge < -0.3 is 10.2 Å². The number of nitro groups is 1. The maximum Gasteiger partial charge on any atom is 0.311 e. The molecule has 0 saturated carbocycles. The van der Waals surface area contributed by atoms with E-state index in [0.717, 1.165) is 10.0 Å². The van der Waals surface area contributed by atoms with Crippen LogP contribution in [0.4, 0.5) is 17.3 Å². The van der Waals surface area contributed by atoms with E-state index in [1.165, 1.54) is 6.07 Å². The van der Waals surface area contributed by atoms with Crippen LogP contribution in [0.25, 0.3) is 0 Å². The number of anilines is 2. The third-order valence-electron chi connectivity index (χ3n) is 2.98. The van der Waals surface area contributed by atoms with E-state index in [4.69, 9.17) is 0 Å². The summed E-state index contributed by atoms with van der Waals surface area (Å²) in [5, 5.41) is 14.0. The molecular formula is C14H15BrN4O2. The molecule has 0 fully saturated rings. The van der Waals surface area contributed by atoms with Crippen molar-refractivity contribution in [3.63, 3.8) is 0 Å². The standard InChI is InChI=1S/C14H15BrN4O2/c1-16-13-7-6-12(19(20)21)14(17-13)18(2)9-10-4-3-5-11(15)8-10/h3-8H,9H2,1-2H3,(H,16,17). The summed E-state index contributed by atoms with van der Waals surface area (Å²) in [6.45, 7) is 0.528. The largest absolute Gasteiger partial charge is 0.373 e. The van der Waals surface area contributed by atoms with Gasteiger partial charge in [0.2, 0.25) is 5.82 Å². The van der Waals surface area contributed by atoms with Gasteiger partial charge in [0.05, 0.1) is 4.92 Å². The first-order valence-corrected chi connectivity index (χ1v) is 7.09. The zero-order chi connectivity index (χ0) is 15.4. The summed E-state index contributed by atoms with van der Waals surface area (Å²) in [5.41, 5.74) is 1.03. The average Bonchev–Trinajstić information content (AvgIpc) is 2.46. The first-order valence-electron chi connectivity index (χ1n) is 6.30. The first kappa shape index (κ1) is 15.2. The molecule has 0 atom stereocenters. The monoisotopic (exact) mass is 350 g/mol. The molecule has 1 aromatic heterocycles. The first-order chi connectivity index (χ1) is 10.0. The minimum atomic E-state index is -0.417. The third-order valence-corrected chi connectivity index (χ3v) is 3.47.